The van der Waals surface area contributed by atoms with E-state index < -0.39 is 0 Å². The van der Waals surface area contributed by atoms with Crippen molar-refractivity contribution in [3.05, 3.63) is 108 Å². The number of carbonyl (C=O) groups excluding carboxylic acids is 1. The van der Waals surface area contributed by atoms with E-state index in [0.29, 0.717) is 17.3 Å². The maximum absolute atomic E-state index is 11.9. The number of nitrogens with zero attached hydrogens (tertiary/aromatic N) is 4. The Kier molecular flexibility index (Phi) is 7.01. The fourth-order valence-corrected chi connectivity index (χ4v) is 4.84. The normalized spacial score (nSPS) is 17.1. The second-order valence-electron chi connectivity index (χ2n) is 8.45. The summed E-state index contributed by atoms with van der Waals surface area (Å²) in [5, 5.41) is 6.94. The van der Waals surface area contributed by atoms with Crippen LogP contribution in [0.5, 0.6) is 0 Å². The Morgan fingerprint density at radius 1 is 1.08 bits per heavy atom. The van der Waals surface area contributed by atoms with Gasteiger partial charge in [-0.25, -0.2) is 0 Å². The van der Waals surface area contributed by atoms with Gasteiger partial charge in [0.05, 0.1) is 11.7 Å². The first-order valence-electron chi connectivity index (χ1n) is 11.6. The molecule has 0 aliphatic carbocycles. The number of hydrogen-bond donors (Lipinski definition) is 2. The van der Waals surface area contributed by atoms with Gasteiger partial charge in [-0.05, 0) is 72.4 Å². The van der Waals surface area contributed by atoms with E-state index in [1.165, 1.54) is 7.11 Å². The number of aromatic nitrogens is 3. The predicted molar refractivity (Wildman–Crippen MR) is 143 cm³/mol. The highest BCUT2D eigenvalue weighted by atomic mass is 32.1. The van der Waals surface area contributed by atoms with Crippen LogP contribution in [0.3, 0.4) is 0 Å². The number of thiocarbonyl (C=S) groups is 1. The van der Waals surface area contributed by atoms with Crippen LogP contribution in [-0.2, 0) is 16.1 Å². The Morgan fingerprint density at radius 2 is 1.94 bits per heavy atom. The van der Waals surface area contributed by atoms with E-state index in [9.17, 15) is 4.79 Å². The van der Waals surface area contributed by atoms with Gasteiger partial charge in [-0.2, -0.15) is 0 Å². The van der Waals surface area contributed by atoms with Gasteiger partial charge in [-0.3, -0.25) is 14.8 Å². The van der Waals surface area contributed by atoms with Crippen LogP contribution < -0.4 is 15.5 Å². The van der Waals surface area contributed by atoms with Crippen LogP contribution in [-0.4, -0.2) is 39.3 Å². The van der Waals surface area contributed by atoms with Crippen LogP contribution in [0, 0.1) is 0 Å². The first-order valence-corrected chi connectivity index (χ1v) is 12.0. The number of ether oxygens (including phenoxy) is 1. The lowest BCUT2D eigenvalue weighted by Gasteiger charge is -2.29. The quantitative estimate of drug-likeness (QED) is 0.354. The van der Waals surface area contributed by atoms with Crippen molar-refractivity contribution in [1.29, 1.82) is 0 Å². The summed E-state index contributed by atoms with van der Waals surface area (Å²) in [6.45, 7) is 0.691. The molecular formula is C27H26N6O2S. The van der Waals surface area contributed by atoms with Gasteiger partial charge in [-0.1, -0.05) is 12.1 Å². The van der Waals surface area contributed by atoms with E-state index in [2.05, 4.69) is 54.5 Å². The summed E-state index contributed by atoms with van der Waals surface area (Å²) in [6.07, 6.45) is 7.53. The van der Waals surface area contributed by atoms with Gasteiger partial charge in [0.2, 0.25) is 5.91 Å². The summed E-state index contributed by atoms with van der Waals surface area (Å²) in [4.78, 5) is 22.9. The van der Waals surface area contributed by atoms with Gasteiger partial charge in [0.15, 0.2) is 5.11 Å². The van der Waals surface area contributed by atoms with Gasteiger partial charge in [-0.15, -0.1) is 0 Å². The number of methoxy groups -OCH3 is 1. The summed E-state index contributed by atoms with van der Waals surface area (Å²) >= 11 is 5.84. The lowest BCUT2D eigenvalue weighted by Crippen LogP contribution is -2.30. The summed E-state index contributed by atoms with van der Waals surface area (Å²) < 4.78 is 7.12. The molecule has 36 heavy (non-hydrogen) atoms. The van der Waals surface area contributed by atoms with Crippen LogP contribution in [0.2, 0.25) is 0 Å². The molecule has 1 amide bonds. The van der Waals surface area contributed by atoms with Gasteiger partial charge < -0.3 is 24.8 Å². The molecular weight excluding hydrogens is 472 g/mol. The Balaban J connectivity index is 1.51. The standard InChI is InChI=1S/C27H26N6O2S/c1-35-18-24(34)30-20-9-11-21(12-10-20)33-26(25(31-27(33)36)22-7-2-3-14-29-22)23-8-5-15-32(23)17-19-6-4-13-28-16-19/h2-16,25-26H,17-18H2,1H3,(H,30,34)(H,31,36)/t25-,26+/m1/s1. The zero-order valence-electron chi connectivity index (χ0n) is 19.7. The number of carbonyl (C=O) groups is 1. The summed E-state index contributed by atoms with van der Waals surface area (Å²) in [5.74, 6) is -0.204. The van der Waals surface area contributed by atoms with Crippen molar-refractivity contribution in [1.82, 2.24) is 19.9 Å². The third-order valence-electron chi connectivity index (χ3n) is 6.05. The molecule has 1 aliphatic rings. The van der Waals surface area contributed by atoms with E-state index >= 15 is 0 Å². The highest BCUT2D eigenvalue weighted by Crippen LogP contribution is 2.42. The second kappa shape index (κ2) is 10.7. The summed E-state index contributed by atoms with van der Waals surface area (Å²) in [7, 11) is 1.49. The molecule has 2 N–H and O–H groups in total. The molecule has 0 radical (unpaired) electrons. The monoisotopic (exact) mass is 498 g/mol. The number of pyridine rings is 2. The SMILES string of the molecule is COCC(=O)Nc1ccc(N2C(=S)N[C@H](c3ccccn3)[C@@H]2c2cccn2Cc2cccnc2)cc1. The molecule has 1 saturated heterocycles. The summed E-state index contributed by atoms with van der Waals surface area (Å²) in [6, 6.07) is 21.4. The van der Waals surface area contributed by atoms with E-state index in [1.807, 2.05) is 54.7 Å². The predicted octanol–water partition coefficient (Wildman–Crippen LogP) is 4.09. The smallest absolute Gasteiger partial charge is 0.250 e. The number of amides is 1. The van der Waals surface area contributed by atoms with Gasteiger partial charge in [0.1, 0.15) is 12.6 Å². The highest BCUT2D eigenvalue weighted by molar-refractivity contribution is 7.80. The van der Waals surface area contributed by atoms with Crippen molar-refractivity contribution >= 4 is 34.6 Å². The van der Waals surface area contributed by atoms with E-state index in [1.54, 1.807) is 12.4 Å². The Labute approximate surface area is 215 Å². The van der Waals surface area contributed by atoms with Crippen LogP contribution in [0.25, 0.3) is 0 Å². The van der Waals surface area contributed by atoms with Crippen molar-refractivity contribution < 1.29 is 9.53 Å². The largest absolute Gasteiger partial charge is 0.375 e. The van der Waals surface area contributed by atoms with Crippen molar-refractivity contribution in [3.8, 4) is 0 Å². The fourth-order valence-electron chi connectivity index (χ4n) is 4.50. The molecule has 4 aromatic rings. The number of rotatable bonds is 8. The number of anilines is 2. The van der Waals surface area contributed by atoms with Gasteiger partial charge in [0, 0.05) is 55.5 Å². The molecule has 182 valence electrons. The van der Waals surface area contributed by atoms with E-state index in [-0.39, 0.29) is 24.6 Å². The molecule has 4 heterocycles. The average molecular weight is 499 g/mol. The molecule has 8 nitrogen and oxygen atoms in total. The molecule has 2 atom stereocenters. The minimum absolute atomic E-state index is 0.00361. The van der Waals surface area contributed by atoms with Crippen molar-refractivity contribution in [2.45, 2.75) is 18.6 Å². The van der Waals surface area contributed by atoms with Gasteiger partial charge >= 0.3 is 0 Å². The Bertz CT molecular complexity index is 1330. The summed E-state index contributed by atoms with van der Waals surface area (Å²) in [5.41, 5.74) is 4.72. The second-order valence-corrected chi connectivity index (χ2v) is 8.83. The van der Waals surface area contributed by atoms with Crippen LogP contribution in [0.1, 0.15) is 29.0 Å². The van der Waals surface area contributed by atoms with Crippen LogP contribution in [0.15, 0.2) is 91.5 Å². The third-order valence-corrected chi connectivity index (χ3v) is 6.36. The molecule has 9 heteroatoms. The number of nitrogens with one attached hydrogen (secondary N) is 2. The number of hydrogen-bond acceptors (Lipinski definition) is 5. The van der Waals surface area contributed by atoms with Gasteiger partial charge in [0.25, 0.3) is 0 Å². The molecule has 0 unspecified atom stereocenters. The minimum atomic E-state index is -0.204. The minimum Gasteiger partial charge on any atom is -0.375 e. The van der Waals surface area contributed by atoms with E-state index in [4.69, 9.17) is 17.0 Å². The molecule has 5 rings (SSSR count). The fraction of sp³-hybridized carbons (Fsp3) is 0.185. The third kappa shape index (κ3) is 4.98. The molecule has 1 aromatic carbocycles. The zero-order valence-corrected chi connectivity index (χ0v) is 20.6. The lowest BCUT2D eigenvalue weighted by molar-refractivity contribution is -0.119. The highest BCUT2D eigenvalue weighted by Gasteiger charge is 2.42. The lowest BCUT2D eigenvalue weighted by atomic mass is 10.0. The maximum atomic E-state index is 11.9. The maximum Gasteiger partial charge on any atom is 0.250 e. The van der Waals surface area contributed by atoms with E-state index in [0.717, 1.165) is 22.6 Å². The zero-order chi connectivity index (χ0) is 24.9. The van der Waals surface area contributed by atoms with Crippen molar-refractivity contribution in [3.63, 3.8) is 0 Å². The number of benzene rings is 1. The molecule has 0 spiro atoms. The first kappa shape index (κ1) is 23.7. The Morgan fingerprint density at radius 3 is 2.67 bits per heavy atom. The molecule has 3 aromatic heterocycles. The van der Waals surface area contributed by atoms with Crippen LogP contribution >= 0.6 is 12.2 Å². The molecule has 1 fully saturated rings. The average Bonchev–Trinajstić information content (AvgIpc) is 3.49. The first-order chi connectivity index (χ1) is 17.6. The topological polar surface area (TPSA) is 84.3 Å². The molecule has 0 bridgehead atoms. The van der Waals surface area contributed by atoms with Crippen LogP contribution in [0.4, 0.5) is 11.4 Å². The molecule has 1 aliphatic heterocycles. The van der Waals surface area contributed by atoms with Crippen molar-refractivity contribution in [2.75, 3.05) is 23.9 Å². The Hall–Kier alpha value is -4.08. The van der Waals surface area contributed by atoms with Crippen molar-refractivity contribution in [2.24, 2.45) is 0 Å². The molecule has 0 saturated carbocycles.